The fourth-order valence-electron chi connectivity index (χ4n) is 3.88. The van der Waals surface area contributed by atoms with Gasteiger partial charge < -0.3 is 9.16 Å². The van der Waals surface area contributed by atoms with Crippen LogP contribution in [0.15, 0.2) is 85.5 Å². The Kier molecular flexibility index (Phi) is 8.21. The molecule has 0 radical (unpaired) electrons. The van der Waals surface area contributed by atoms with Crippen molar-refractivity contribution in [3.05, 3.63) is 85.5 Å². The first kappa shape index (κ1) is 24.8. The molecule has 0 fully saturated rings. The van der Waals surface area contributed by atoms with Gasteiger partial charge in [-0.2, -0.15) is 0 Å². The van der Waals surface area contributed by atoms with Crippen LogP contribution in [0, 0.1) is 11.3 Å². The van der Waals surface area contributed by atoms with Gasteiger partial charge in [0.2, 0.25) is 0 Å². The molecule has 0 spiro atoms. The van der Waals surface area contributed by atoms with Crippen molar-refractivity contribution in [2.45, 2.75) is 39.7 Å². The van der Waals surface area contributed by atoms with Crippen molar-refractivity contribution in [2.24, 2.45) is 11.3 Å². The molecule has 3 nitrogen and oxygen atoms in total. The summed E-state index contributed by atoms with van der Waals surface area (Å²) in [4.78, 5) is 12.1. The molecule has 31 heavy (non-hydrogen) atoms. The van der Waals surface area contributed by atoms with Gasteiger partial charge in [-0.15, -0.1) is 6.58 Å². The highest BCUT2D eigenvalue weighted by molar-refractivity contribution is 6.99. The molecular weight excluding hydrogens is 400 g/mol. The summed E-state index contributed by atoms with van der Waals surface area (Å²) >= 11 is 0. The summed E-state index contributed by atoms with van der Waals surface area (Å²) in [6.07, 6.45) is 5.51. The summed E-state index contributed by atoms with van der Waals surface area (Å²) in [6.45, 7) is 15.1. The van der Waals surface area contributed by atoms with Crippen LogP contribution in [0.4, 0.5) is 0 Å². The summed E-state index contributed by atoms with van der Waals surface area (Å²) < 4.78 is 11.9. The quantitative estimate of drug-likeness (QED) is 0.311. The Hall–Kier alpha value is -2.43. The first-order valence-corrected chi connectivity index (χ1v) is 12.7. The first-order valence-electron chi connectivity index (χ1n) is 10.8. The molecule has 2 aromatic carbocycles. The summed E-state index contributed by atoms with van der Waals surface area (Å²) in [5, 5.41) is 2.45. The van der Waals surface area contributed by atoms with Crippen LogP contribution < -0.4 is 10.4 Å². The topological polar surface area (TPSA) is 35.5 Å². The van der Waals surface area contributed by atoms with Gasteiger partial charge in [0, 0.05) is 6.61 Å². The molecule has 2 rings (SSSR count). The van der Waals surface area contributed by atoms with E-state index in [1.807, 2.05) is 24.3 Å². The Morgan fingerprint density at radius 3 is 1.87 bits per heavy atom. The maximum atomic E-state index is 12.1. The smallest absolute Gasteiger partial charge is 0.319 e. The Labute approximate surface area is 188 Å². The molecule has 0 amide bonds. The molecule has 0 bridgehead atoms. The number of ether oxygens (including phenoxy) is 1. The first-order chi connectivity index (χ1) is 14.6. The third-order valence-corrected chi connectivity index (χ3v) is 10.8. The van der Waals surface area contributed by atoms with Crippen LogP contribution in [-0.2, 0) is 14.0 Å². The highest BCUT2D eigenvalue weighted by Gasteiger charge is 2.50. The Morgan fingerprint density at radius 1 is 1.00 bits per heavy atom. The third-order valence-electron chi connectivity index (χ3n) is 5.80. The highest BCUT2D eigenvalue weighted by Crippen LogP contribution is 2.37. The highest BCUT2D eigenvalue weighted by atomic mass is 28.4. The summed E-state index contributed by atoms with van der Waals surface area (Å²) in [6, 6.07) is 21.2. The lowest BCUT2D eigenvalue weighted by Crippen LogP contribution is -2.66. The minimum absolute atomic E-state index is 0.0687. The molecule has 2 aromatic rings. The zero-order valence-electron chi connectivity index (χ0n) is 19.7. The van der Waals surface area contributed by atoms with E-state index >= 15 is 0 Å². The zero-order valence-corrected chi connectivity index (χ0v) is 20.7. The van der Waals surface area contributed by atoms with E-state index in [0.717, 1.165) is 0 Å². The van der Waals surface area contributed by atoms with E-state index in [1.54, 1.807) is 13.0 Å². The van der Waals surface area contributed by atoms with Crippen molar-refractivity contribution in [1.29, 1.82) is 0 Å². The minimum atomic E-state index is -2.57. The van der Waals surface area contributed by atoms with Crippen LogP contribution >= 0.6 is 0 Å². The van der Waals surface area contributed by atoms with Crippen LogP contribution in [0.5, 0.6) is 0 Å². The predicted octanol–water partition coefficient (Wildman–Crippen LogP) is 5.12. The molecule has 0 N–H and O–H groups in total. The van der Waals surface area contributed by atoms with Gasteiger partial charge in [0.05, 0.1) is 7.11 Å². The molecular formula is C27H36O3Si. The average molecular weight is 437 g/mol. The molecule has 0 saturated carbocycles. The van der Waals surface area contributed by atoms with Gasteiger partial charge in [-0.3, -0.25) is 4.79 Å². The number of hydrogen-bond donors (Lipinski definition) is 0. The fraction of sp³-hybridized carbons (Fsp3) is 0.370. The second kappa shape index (κ2) is 10.3. The maximum absolute atomic E-state index is 12.1. The molecule has 0 aliphatic rings. The zero-order chi connectivity index (χ0) is 23.1. The predicted molar refractivity (Wildman–Crippen MR) is 132 cm³/mol. The Bertz CT molecular complexity index is 844. The van der Waals surface area contributed by atoms with E-state index in [0.29, 0.717) is 6.61 Å². The van der Waals surface area contributed by atoms with Crippen molar-refractivity contribution < 1.29 is 14.0 Å². The standard InChI is InChI=1S/C27H36O3Si/c1-8-27(6,25(28)29-7)20-19-22(2)21-30-31(26(3,4)5,23-15-11-9-12-16-23)24-17-13-10-14-18-24/h8-20,22H,1,21H2,2-7H3/b20-19+/t22-,27-/m0/s1. The average Bonchev–Trinajstić information content (AvgIpc) is 2.77. The molecule has 0 aliphatic heterocycles. The van der Waals surface area contributed by atoms with Gasteiger partial charge in [0.1, 0.15) is 5.41 Å². The molecule has 0 aromatic heterocycles. The van der Waals surface area contributed by atoms with E-state index < -0.39 is 13.7 Å². The number of carbonyl (C=O) groups is 1. The largest absolute Gasteiger partial charge is 0.468 e. The lowest BCUT2D eigenvalue weighted by Gasteiger charge is -2.43. The van der Waals surface area contributed by atoms with Crippen molar-refractivity contribution in [3.8, 4) is 0 Å². The third kappa shape index (κ3) is 5.44. The molecule has 4 heteroatoms. The molecule has 0 saturated heterocycles. The number of hydrogen-bond acceptors (Lipinski definition) is 3. The summed E-state index contributed by atoms with van der Waals surface area (Å²) in [5.41, 5.74) is -0.847. The van der Waals surface area contributed by atoms with Gasteiger partial charge in [-0.1, -0.05) is 107 Å². The minimum Gasteiger partial charge on any atom is -0.468 e. The van der Waals surface area contributed by atoms with Crippen molar-refractivity contribution in [3.63, 3.8) is 0 Å². The van der Waals surface area contributed by atoms with Crippen molar-refractivity contribution in [2.75, 3.05) is 13.7 Å². The number of carbonyl (C=O) groups excluding carboxylic acids is 1. The number of esters is 1. The van der Waals surface area contributed by atoms with Gasteiger partial charge in [0.15, 0.2) is 0 Å². The Morgan fingerprint density at radius 2 is 1.48 bits per heavy atom. The van der Waals surface area contributed by atoms with Crippen LogP contribution in [0.25, 0.3) is 0 Å². The molecule has 0 unspecified atom stereocenters. The number of methoxy groups -OCH3 is 1. The van der Waals surface area contributed by atoms with E-state index in [4.69, 9.17) is 9.16 Å². The van der Waals surface area contributed by atoms with Gasteiger partial charge in [-0.25, -0.2) is 0 Å². The molecule has 0 aliphatic carbocycles. The normalized spacial score (nSPS) is 15.3. The van der Waals surface area contributed by atoms with E-state index in [9.17, 15) is 4.79 Å². The Balaban J connectivity index is 2.40. The summed E-state index contributed by atoms with van der Waals surface area (Å²) in [5.74, 6) is -0.204. The van der Waals surface area contributed by atoms with Gasteiger partial charge in [0.25, 0.3) is 8.32 Å². The molecule has 0 heterocycles. The van der Waals surface area contributed by atoms with Crippen LogP contribution in [0.2, 0.25) is 5.04 Å². The maximum Gasteiger partial charge on any atom is 0.319 e. The SMILES string of the molecule is C=C[C@@](C)(/C=C/[C@H](C)CO[Si](c1ccccc1)(c1ccccc1)C(C)(C)C)C(=O)OC. The van der Waals surface area contributed by atoms with Crippen LogP contribution in [-0.4, -0.2) is 28.0 Å². The summed E-state index contributed by atoms with van der Waals surface area (Å²) in [7, 11) is -1.17. The second-order valence-corrected chi connectivity index (χ2v) is 13.6. The molecule has 2 atom stereocenters. The number of rotatable bonds is 9. The number of benzene rings is 2. The van der Waals surface area contributed by atoms with Crippen LogP contribution in [0.1, 0.15) is 34.6 Å². The fourth-order valence-corrected chi connectivity index (χ4v) is 8.55. The van der Waals surface area contributed by atoms with Crippen LogP contribution in [0.3, 0.4) is 0 Å². The monoisotopic (exact) mass is 436 g/mol. The van der Waals surface area contributed by atoms with E-state index in [1.165, 1.54) is 17.5 Å². The van der Waals surface area contributed by atoms with Gasteiger partial charge in [-0.05, 0) is 28.3 Å². The lowest BCUT2D eigenvalue weighted by molar-refractivity contribution is -0.146. The van der Waals surface area contributed by atoms with Crippen molar-refractivity contribution in [1.82, 2.24) is 0 Å². The lowest BCUT2D eigenvalue weighted by atomic mass is 9.89. The van der Waals surface area contributed by atoms with Crippen molar-refractivity contribution >= 4 is 24.7 Å². The van der Waals surface area contributed by atoms with E-state index in [-0.39, 0.29) is 16.9 Å². The second-order valence-electron chi connectivity index (χ2n) is 9.29. The van der Waals surface area contributed by atoms with Gasteiger partial charge >= 0.3 is 5.97 Å². The molecule has 166 valence electrons. The van der Waals surface area contributed by atoms with E-state index in [2.05, 4.69) is 82.8 Å².